The van der Waals surface area contributed by atoms with E-state index in [-0.39, 0.29) is 49.1 Å². The van der Waals surface area contributed by atoms with Gasteiger partial charge in [-0.05, 0) is 49.2 Å². The summed E-state index contributed by atoms with van der Waals surface area (Å²) in [6, 6.07) is 11.6. The molecular formula is C25H28N2O7. The Bertz CT molecular complexity index is 1090. The third kappa shape index (κ3) is 4.99. The van der Waals surface area contributed by atoms with Gasteiger partial charge in [-0.2, -0.15) is 0 Å². The largest absolute Gasteiger partial charge is 0.497 e. The van der Waals surface area contributed by atoms with Gasteiger partial charge in [-0.1, -0.05) is 6.07 Å². The lowest BCUT2D eigenvalue weighted by Gasteiger charge is -2.42. The number of hydrogen-bond acceptors (Lipinski definition) is 7. The average Bonchev–Trinajstić information content (AvgIpc) is 2.86. The van der Waals surface area contributed by atoms with Crippen molar-refractivity contribution in [2.24, 2.45) is 0 Å². The first-order chi connectivity index (χ1) is 16.4. The van der Waals surface area contributed by atoms with Gasteiger partial charge >= 0.3 is 5.97 Å². The first kappa shape index (κ1) is 23.6. The van der Waals surface area contributed by atoms with Crippen LogP contribution in [0.4, 0.5) is 5.69 Å². The number of benzene rings is 2. The van der Waals surface area contributed by atoms with Crippen LogP contribution in [0.15, 0.2) is 42.5 Å². The van der Waals surface area contributed by atoms with Gasteiger partial charge in [0.2, 0.25) is 0 Å². The molecule has 1 saturated heterocycles. The molecule has 0 aliphatic carbocycles. The summed E-state index contributed by atoms with van der Waals surface area (Å²) >= 11 is 0. The molecule has 2 aromatic rings. The number of rotatable bonds is 5. The lowest BCUT2D eigenvalue weighted by molar-refractivity contribution is -0.151. The number of amides is 2. The maximum absolute atomic E-state index is 13.3. The second-order valence-corrected chi connectivity index (χ2v) is 8.35. The molecule has 2 aliphatic rings. The van der Waals surface area contributed by atoms with Crippen LogP contribution in [0.1, 0.15) is 40.0 Å². The number of carbonyl (C=O) groups is 3. The molecule has 34 heavy (non-hydrogen) atoms. The first-order valence-corrected chi connectivity index (χ1v) is 11.1. The molecule has 1 N–H and O–H groups in total. The van der Waals surface area contributed by atoms with E-state index in [4.69, 9.17) is 18.9 Å². The number of nitrogens with zero attached hydrogens (tertiary/aromatic N) is 1. The van der Waals surface area contributed by atoms with Gasteiger partial charge < -0.3 is 29.2 Å². The summed E-state index contributed by atoms with van der Waals surface area (Å²) in [6.45, 7) is 0.239. The highest BCUT2D eigenvalue weighted by molar-refractivity contribution is 6.05. The fourth-order valence-corrected chi connectivity index (χ4v) is 4.34. The topological polar surface area (TPSA) is 103 Å². The fraction of sp³-hybridized carbons (Fsp3) is 0.400. The predicted molar refractivity (Wildman–Crippen MR) is 123 cm³/mol. The zero-order valence-corrected chi connectivity index (χ0v) is 19.4. The summed E-state index contributed by atoms with van der Waals surface area (Å²) < 4.78 is 22.0. The Morgan fingerprint density at radius 3 is 2.74 bits per heavy atom. The van der Waals surface area contributed by atoms with Crippen LogP contribution in [-0.4, -0.2) is 68.8 Å². The zero-order chi connectivity index (χ0) is 24.2. The zero-order valence-electron chi connectivity index (χ0n) is 19.4. The van der Waals surface area contributed by atoms with Gasteiger partial charge in [0.15, 0.2) is 0 Å². The van der Waals surface area contributed by atoms with Gasteiger partial charge in [-0.3, -0.25) is 14.4 Å². The monoisotopic (exact) mass is 468 g/mol. The highest BCUT2D eigenvalue weighted by Crippen LogP contribution is 2.32. The number of fused-ring (bicyclic) bond motifs is 2. The normalized spacial score (nSPS) is 21.8. The number of methoxy groups -OCH3 is 2. The standard InChI is InChI=1S/C25H28N2O7/c1-27-20-9-8-18(13-23(28)32-3)34-22(20)14-33-21-10-7-16(12-19(21)25(27)30)26-24(29)15-5-4-6-17(11-15)31-2/h4-7,10-12,18,20,22H,8-9,13-14H2,1-3H3,(H,26,29)/t18-,20+,22+/m0/s1. The van der Waals surface area contributed by atoms with Crippen LogP contribution in [0.3, 0.4) is 0 Å². The molecule has 0 radical (unpaired) electrons. The van der Waals surface area contributed by atoms with Crippen LogP contribution in [0, 0.1) is 0 Å². The molecule has 2 aromatic carbocycles. The van der Waals surface area contributed by atoms with E-state index in [1.54, 1.807) is 54.4 Å². The summed E-state index contributed by atoms with van der Waals surface area (Å²) in [5.41, 5.74) is 1.28. The molecular weight excluding hydrogens is 440 g/mol. The number of anilines is 1. The molecule has 0 bridgehead atoms. The molecule has 3 atom stereocenters. The Labute approximate surface area is 197 Å². The third-order valence-corrected chi connectivity index (χ3v) is 6.22. The van der Waals surface area contributed by atoms with Crippen LogP contribution >= 0.6 is 0 Å². The Kier molecular flexibility index (Phi) is 7.02. The van der Waals surface area contributed by atoms with Crippen molar-refractivity contribution in [2.45, 2.75) is 37.5 Å². The van der Waals surface area contributed by atoms with Crippen molar-refractivity contribution in [1.29, 1.82) is 0 Å². The summed E-state index contributed by atoms with van der Waals surface area (Å²) in [6.07, 6.45) is 0.855. The van der Waals surface area contributed by atoms with E-state index in [2.05, 4.69) is 5.32 Å². The quantitative estimate of drug-likeness (QED) is 0.673. The van der Waals surface area contributed by atoms with Gasteiger partial charge in [-0.25, -0.2) is 0 Å². The van der Waals surface area contributed by atoms with Gasteiger partial charge in [0.1, 0.15) is 24.2 Å². The number of hydrogen-bond donors (Lipinski definition) is 1. The van der Waals surface area contributed by atoms with Crippen LogP contribution in [0.2, 0.25) is 0 Å². The van der Waals surface area contributed by atoms with E-state index < -0.39 is 0 Å². The molecule has 2 heterocycles. The van der Waals surface area contributed by atoms with Crippen molar-refractivity contribution in [3.63, 3.8) is 0 Å². The number of esters is 1. The molecule has 9 nitrogen and oxygen atoms in total. The number of carbonyl (C=O) groups excluding carboxylic acids is 3. The van der Waals surface area contributed by atoms with Crippen LogP contribution < -0.4 is 14.8 Å². The molecule has 0 aromatic heterocycles. The first-order valence-electron chi connectivity index (χ1n) is 11.1. The molecule has 1 fully saturated rings. The SMILES string of the molecule is COC(=O)C[C@@H]1CC[C@@H]2[C@@H](COc3ccc(NC(=O)c4cccc(OC)c4)cc3C(=O)N2C)O1. The maximum Gasteiger partial charge on any atom is 0.308 e. The van der Waals surface area contributed by atoms with Crippen molar-refractivity contribution >= 4 is 23.5 Å². The number of ether oxygens (including phenoxy) is 4. The molecule has 2 amide bonds. The summed E-state index contributed by atoms with van der Waals surface area (Å²) in [7, 11) is 4.62. The molecule has 9 heteroatoms. The maximum atomic E-state index is 13.3. The van der Waals surface area contributed by atoms with Gasteiger partial charge in [0.25, 0.3) is 11.8 Å². The summed E-state index contributed by atoms with van der Waals surface area (Å²) in [4.78, 5) is 39.3. The smallest absolute Gasteiger partial charge is 0.308 e. The minimum atomic E-state index is -0.363. The Morgan fingerprint density at radius 2 is 1.97 bits per heavy atom. The Balaban J connectivity index is 1.51. The minimum Gasteiger partial charge on any atom is -0.497 e. The molecule has 2 aliphatic heterocycles. The molecule has 0 saturated carbocycles. The average molecular weight is 469 g/mol. The lowest BCUT2D eigenvalue weighted by atomic mass is 9.94. The van der Waals surface area contributed by atoms with E-state index in [9.17, 15) is 14.4 Å². The Hall–Kier alpha value is -3.59. The van der Waals surface area contributed by atoms with E-state index in [1.807, 2.05) is 0 Å². The van der Waals surface area contributed by atoms with E-state index in [0.29, 0.717) is 41.2 Å². The number of likely N-dealkylation sites (N-methyl/N-ethyl adjacent to an activating group) is 1. The molecule has 4 rings (SSSR count). The van der Waals surface area contributed by atoms with Crippen LogP contribution in [-0.2, 0) is 14.3 Å². The second-order valence-electron chi connectivity index (χ2n) is 8.35. The second kappa shape index (κ2) is 10.1. The van der Waals surface area contributed by atoms with Gasteiger partial charge in [-0.15, -0.1) is 0 Å². The van der Waals surface area contributed by atoms with Gasteiger partial charge in [0.05, 0.1) is 38.3 Å². The van der Waals surface area contributed by atoms with Crippen molar-refractivity contribution < 1.29 is 33.3 Å². The molecule has 0 unspecified atom stereocenters. The third-order valence-electron chi connectivity index (χ3n) is 6.22. The predicted octanol–water partition coefficient (Wildman–Crippen LogP) is 2.89. The van der Waals surface area contributed by atoms with Crippen molar-refractivity contribution in [3.8, 4) is 11.5 Å². The number of nitrogens with one attached hydrogen (secondary N) is 1. The minimum absolute atomic E-state index is 0.171. The van der Waals surface area contributed by atoms with E-state index in [0.717, 1.165) is 0 Å². The van der Waals surface area contributed by atoms with Crippen LogP contribution in [0.5, 0.6) is 11.5 Å². The van der Waals surface area contributed by atoms with E-state index in [1.165, 1.54) is 14.2 Å². The summed E-state index contributed by atoms with van der Waals surface area (Å²) in [5, 5.41) is 2.83. The van der Waals surface area contributed by atoms with Crippen LogP contribution in [0.25, 0.3) is 0 Å². The highest BCUT2D eigenvalue weighted by atomic mass is 16.6. The summed E-state index contributed by atoms with van der Waals surface area (Å²) in [5.74, 6) is 0.122. The fourth-order valence-electron chi connectivity index (χ4n) is 4.34. The van der Waals surface area contributed by atoms with Crippen molar-refractivity contribution in [1.82, 2.24) is 4.90 Å². The van der Waals surface area contributed by atoms with E-state index >= 15 is 0 Å². The highest BCUT2D eigenvalue weighted by Gasteiger charge is 2.39. The molecule has 180 valence electrons. The van der Waals surface area contributed by atoms with Crippen molar-refractivity contribution in [2.75, 3.05) is 33.2 Å². The van der Waals surface area contributed by atoms with Crippen molar-refractivity contribution in [3.05, 3.63) is 53.6 Å². The van der Waals surface area contributed by atoms with Gasteiger partial charge in [0, 0.05) is 18.3 Å². The molecule has 0 spiro atoms. The Morgan fingerprint density at radius 1 is 1.15 bits per heavy atom. The lowest BCUT2D eigenvalue weighted by Crippen LogP contribution is -2.53.